The highest BCUT2D eigenvalue weighted by Crippen LogP contribution is 2.38. The van der Waals surface area contributed by atoms with E-state index in [0.717, 1.165) is 0 Å². The molecule has 0 spiro atoms. The molecule has 1 aliphatic rings. The molecule has 0 unspecified atom stereocenters. The summed E-state index contributed by atoms with van der Waals surface area (Å²) >= 11 is 0. The maximum absolute atomic E-state index is 12.6. The van der Waals surface area contributed by atoms with Gasteiger partial charge in [-0.2, -0.15) is 13.2 Å². The van der Waals surface area contributed by atoms with E-state index in [0.29, 0.717) is 24.2 Å². The Bertz CT molecular complexity index is 678. The summed E-state index contributed by atoms with van der Waals surface area (Å²) < 4.78 is 50.5. The van der Waals surface area contributed by atoms with Crippen LogP contribution in [0, 0.1) is 5.92 Å². The molecule has 1 amide bonds. The van der Waals surface area contributed by atoms with Gasteiger partial charge in [0.1, 0.15) is 11.8 Å². The van der Waals surface area contributed by atoms with Gasteiger partial charge in [0, 0.05) is 0 Å². The number of pyridine rings is 1. The lowest BCUT2D eigenvalue weighted by Gasteiger charge is -2.28. The van der Waals surface area contributed by atoms with Gasteiger partial charge in [0.25, 0.3) is 5.91 Å². The number of aromatic nitrogens is 1. The molecule has 5 nitrogen and oxygen atoms in total. The van der Waals surface area contributed by atoms with Crippen LogP contribution in [-0.2, 0) is 9.63 Å². The van der Waals surface area contributed by atoms with Crippen LogP contribution in [0.4, 0.5) is 23.2 Å². The first-order valence-corrected chi connectivity index (χ1v) is 8.06. The van der Waals surface area contributed by atoms with Crippen molar-refractivity contribution in [2.75, 3.05) is 5.32 Å². The molecule has 1 N–H and O–H groups in total. The number of carbonyl (C=O) groups excluding carboxylic acids is 1. The van der Waals surface area contributed by atoms with Crippen LogP contribution in [0.2, 0.25) is 0 Å². The lowest BCUT2D eigenvalue weighted by Crippen LogP contribution is -2.30. The van der Waals surface area contributed by atoms with Crippen LogP contribution in [0.15, 0.2) is 35.9 Å². The van der Waals surface area contributed by atoms with Gasteiger partial charge in [-0.15, -0.1) is 0 Å². The summed E-state index contributed by atoms with van der Waals surface area (Å²) in [5.74, 6) is -3.33. The monoisotopic (exact) mass is 373 g/mol. The average Bonchev–Trinajstić information content (AvgIpc) is 2.59. The zero-order valence-corrected chi connectivity index (χ0v) is 14.1. The minimum absolute atomic E-state index is 0.0369. The molecular weight excluding hydrogens is 354 g/mol. The number of anilines is 1. The van der Waals surface area contributed by atoms with Crippen LogP contribution in [-0.4, -0.2) is 28.9 Å². The Balaban J connectivity index is 1.88. The Hall–Kier alpha value is -2.45. The number of hydrogen-bond acceptors (Lipinski definition) is 4. The summed E-state index contributed by atoms with van der Waals surface area (Å²) in [5, 5.41) is 6.20. The molecule has 0 saturated heterocycles. The third-order valence-electron chi connectivity index (χ3n) is 4.11. The topological polar surface area (TPSA) is 63.6 Å². The van der Waals surface area contributed by atoms with Crippen molar-refractivity contribution in [1.29, 1.82) is 0 Å². The summed E-state index contributed by atoms with van der Waals surface area (Å²) in [6.45, 7) is 4.53. The summed E-state index contributed by atoms with van der Waals surface area (Å²) in [6.07, 6.45) is -2.51. The SMILES string of the molecule is C=C(F)C(=O)Nc1ccc(/C(C)=N/OC2CCC(C(F)(F)F)CC2)nc1. The Morgan fingerprint density at radius 1 is 1.31 bits per heavy atom. The molecule has 2 rings (SSSR count). The van der Waals surface area contributed by atoms with Crippen LogP contribution in [0.1, 0.15) is 38.3 Å². The number of carbonyl (C=O) groups is 1. The lowest BCUT2D eigenvalue weighted by molar-refractivity contribution is -0.187. The van der Waals surface area contributed by atoms with Crippen molar-refractivity contribution >= 4 is 17.3 Å². The highest BCUT2D eigenvalue weighted by molar-refractivity contribution is 6.02. The van der Waals surface area contributed by atoms with E-state index in [1.165, 1.54) is 12.3 Å². The maximum Gasteiger partial charge on any atom is 0.391 e. The molecule has 0 atom stereocenters. The summed E-state index contributed by atoms with van der Waals surface area (Å²) in [4.78, 5) is 20.6. The Morgan fingerprint density at radius 2 is 1.96 bits per heavy atom. The summed E-state index contributed by atoms with van der Waals surface area (Å²) in [5.41, 5.74) is 1.19. The standard InChI is InChI=1S/C17H19F4N3O2/c1-10(18)16(25)23-13-5-8-15(22-9-13)11(2)24-26-14-6-3-12(4-7-14)17(19,20)21/h5,8-9,12,14H,1,3-4,6-7H2,2H3,(H,23,25)/b24-11+. The lowest BCUT2D eigenvalue weighted by atomic mass is 9.87. The third-order valence-corrected chi connectivity index (χ3v) is 4.11. The first kappa shape index (κ1) is 19.9. The first-order valence-electron chi connectivity index (χ1n) is 8.06. The van der Waals surface area contributed by atoms with Crippen molar-refractivity contribution in [3.8, 4) is 0 Å². The molecule has 1 aliphatic carbocycles. The zero-order chi connectivity index (χ0) is 19.3. The molecule has 1 saturated carbocycles. The third kappa shape index (κ3) is 5.53. The van der Waals surface area contributed by atoms with E-state index in [1.54, 1.807) is 13.0 Å². The Kier molecular flexibility index (Phi) is 6.33. The fourth-order valence-electron chi connectivity index (χ4n) is 2.58. The molecule has 142 valence electrons. The Labute approximate surface area is 148 Å². The summed E-state index contributed by atoms with van der Waals surface area (Å²) in [7, 11) is 0. The molecule has 1 heterocycles. The number of oxime groups is 1. The fraction of sp³-hybridized carbons (Fsp3) is 0.471. The minimum atomic E-state index is -4.15. The number of nitrogens with one attached hydrogen (secondary N) is 1. The smallest absolute Gasteiger partial charge is 0.391 e. The van der Waals surface area contributed by atoms with Gasteiger partial charge in [-0.05, 0) is 44.7 Å². The Morgan fingerprint density at radius 3 is 2.46 bits per heavy atom. The van der Waals surface area contributed by atoms with Gasteiger partial charge in [0.05, 0.1) is 23.5 Å². The number of amides is 1. The van der Waals surface area contributed by atoms with E-state index in [-0.39, 0.29) is 24.6 Å². The number of rotatable bonds is 5. The van der Waals surface area contributed by atoms with E-state index in [2.05, 4.69) is 22.0 Å². The number of alkyl halides is 3. The van der Waals surface area contributed by atoms with Crippen LogP contribution >= 0.6 is 0 Å². The van der Waals surface area contributed by atoms with Crippen LogP contribution in [0.5, 0.6) is 0 Å². The van der Waals surface area contributed by atoms with E-state index in [9.17, 15) is 22.4 Å². The van der Waals surface area contributed by atoms with E-state index < -0.39 is 23.8 Å². The van der Waals surface area contributed by atoms with Gasteiger partial charge < -0.3 is 10.2 Å². The van der Waals surface area contributed by atoms with Crippen molar-refractivity contribution in [1.82, 2.24) is 4.98 Å². The molecule has 0 bridgehead atoms. The van der Waals surface area contributed by atoms with Crippen molar-refractivity contribution in [3.63, 3.8) is 0 Å². The second kappa shape index (κ2) is 8.29. The molecular formula is C17H19F4N3O2. The molecule has 1 aromatic rings. The molecule has 9 heteroatoms. The molecule has 0 aromatic carbocycles. The predicted octanol–water partition coefficient (Wildman–Crippen LogP) is 4.37. The first-order chi connectivity index (χ1) is 12.2. The quantitative estimate of drug-likeness (QED) is 0.361. The van der Waals surface area contributed by atoms with Crippen molar-refractivity contribution < 1.29 is 27.2 Å². The minimum Gasteiger partial charge on any atom is -0.392 e. The molecule has 0 aliphatic heterocycles. The van der Waals surface area contributed by atoms with Crippen LogP contribution < -0.4 is 5.32 Å². The van der Waals surface area contributed by atoms with Crippen LogP contribution in [0.25, 0.3) is 0 Å². The van der Waals surface area contributed by atoms with Gasteiger partial charge in [-0.1, -0.05) is 11.7 Å². The normalized spacial score (nSPS) is 21.2. The fourth-order valence-corrected chi connectivity index (χ4v) is 2.58. The van der Waals surface area contributed by atoms with Gasteiger partial charge >= 0.3 is 6.18 Å². The number of hydrogen-bond donors (Lipinski definition) is 1. The van der Waals surface area contributed by atoms with Gasteiger partial charge in [0.15, 0.2) is 5.83 Å². The van der Waals surface area contributed by atoms with E-state index >= 15 is 0 Å². The molecule has 0 radical (unpaired) electrons. The largest absolute Gasteiger partial charge is 0.392 e. The molecule has 1 fully saturated rings. The number of halogens is 4. The van der Waals surface area contributed by atoms with Crippen molar-refractivity contribution in [2.45, 2.75) is 44.9 Å². The second-order valence-electron chi connectivity index (χ2n) is 6.09. The van der Waals surface area contributed by atoms with Crippen molar-refractivity contribution in [3.05, 3.63) is 36.4 Å². The van der Waals surface area contributed by atoms with E-state index in [4.69, 9.17) is 4.84 Å². The average molecular weight is 373 g/mol. The second-order valence-corrected chi connectivity index (χ2v) is 6.09. The number of nitrogens with zero attached hydrogens (tertiary/aromatic N) is 2. The molecule has 26 heavy (non-hydrogen) atoms. The highest BCUT2D eigenvalue weighted by atomic mass is 19.4. The zero-order valence-electron chi connectivity index (χ0n) is 14.1. The van der Waals surface area contributed by atoms with Crippen LogP contribution in [0.3, 0.4) is 0 Å². The summed E-state index contributed by atoms with van der Waals surface area (Å²) in [6, 6.07) is 3.07. The van der Waals surface area contributed by atoms with Gasteiger partial charge in [-0.3, -0.25) is 9.78 Å². The van der Waals surface area contributed by atoms with E-state index in [1.807, 2.05) is 0 Å². The van der Waals surface area contributed by atoms with Gasteiger partial charge in [0.2, 0.25) is 0 Å². The highest BCUT2D eigenvalue weighted by Gasteiger charge is 2.41. The molecule has 1 aromatic heterocycles. The maximum atomic E-state index is 12.6. The predicted molar refractivity (Wildman–Crippen MR) is 88.2 cm³/mol. The van der Waals surface area contributed by atoms with Gasteiger partial charge in [-0.25, -0.2) is 4.39 Å². The van der Waals surface area contributed by atoms with Crippen molar-refractivity contribution in [2.24, 2.45) is 11.1 Å².